The van der Waals surface area contributed by atoms with Crippen molar-refractivity contribution in [3.63, 3.8) is 0 Å². The van der Waals surface area contributed by atoms with Crippen molar-refractivity contribution in [1.82, 2.24) is 0 Å². The summed E-state index contributed by atoms with van der Waals surface area (Å²) in [6, 6.07) is 14.5. The summed E-state index contributed by atoms with van der Waals surface area (Å²) < 4.78 is 0. The number of non-ortho nitro benzene ring substituents is 1. The third-order valence-corrected chi connectivity index (χ3v) is 3.59. The molecule has 0 spiro atoms. The molecule has 0 amide bonds. The molecule has 0 radical (unpaired) electrons. The van der Waals surface area contributed by atoms with Gasteiger partial charge < -0.3 is 5.11 Å². The fraction of sp³-hybridized carbons (Fsp3) is 0.158. The monoisotopic (exact) mass is 323 g/mol. The van der Waals surface area contributed by atoms with E-state index in [1.54, 1.807) is 38.1 Å². The van der Waals surface area contributed by atoms with Gasteiger partial charge in [0, 0.05) is 28.8 Å². The molecule has 0 saturated heterocycles. The van der Waals surface area contributed by atoms with Crippen molar-refractivity contribution in [2.24, 2.45) is 0 Å². The fourth-order valence-electron chi connectivity index (χ4n) is 2.26. The third kappa shape index (κ3) is 4.04. The predicted octanol–water partition coefficient (Wildman–Crippen LogP) is 4.00. The van der Waals surface area contributed by atoms with Gasteiger partial charge in [-0.3, -0.25) is 14.9 Å². The van der Waals surface area contributed by atoms with Gasteiger partial charge in [0.1, 0.15) is 6.10 Å². The topological polar surface area (TPSA) is 80.4 Å². The van der Waals surface area contributed by atoms with Crippen molar-refractivity contribution in [2.45, 2.75) is 20.0 Å². The Morgan fingerprint density at radius 3 is 2.21 bits per heavy atom. The molecule has 0 aliphatic carbocycles. The van der Waals surface area contributed by atoms with Crippen LogP contribution in [0.3, 0.4) is 0 Å². The first kappa shape index (κ1) is 17.3. The number of nitro groups is 1. The van der Waals surface area contributed by atoms with Crippen molar-refractivity contribution < 1.29 is 14.8 Å². The maximum atomic E-state index is 12.3. The summed E-state index contributed by atoms with van der Waals surface area (Å²) in [5.41, 5.74) is 4.78. The van der Waals surface area contributed by atoms with Crippen LogP contribution >= 0.6 is 0 Å². The molecule has 5 heteroatoms. The lowest BCUT2D eigenvalue weighted by atomic mass is 10.0. The largest absolute Gasteiger partial charge is 0.383 e. The molecule has 0 aliphatic heterocycles. The number of carbonyl (C=O) groups is 1. The Labute approximate surface area is 139 Å². The zero-order valence-electron chi connectivity index (χ0n) is 13.4. The quantitative estimate of drug-likeness (QED) is 0.296. The molecule has 2 rings (SSSR count). The lowest BCUT2D eigenvalue weighted by molar-refractivity contribution is -0.384. The zero-order valence-corrected chi connectivity index (χ0v) is 13.4. The Morgan fingerprint density at radius 1 is 1.08 bits per heavy atom. The molecule has 0 fully saturated rings. The van der Waals surface area contributed by atoms with E-state index in [1.165, 1.54) is 24.3 Å². The van der Waals surface area contributed by atoms with Crippen molar-refractivity contribution in [2.75, 3.05) is 0 Å². The van der Waals surface area contributed by atoms with Crippen LogP contribution in [-0.4, -0.2) is 15.8 Å². The molecule has 2 aromatic carbocycles. The van der Waals surface area contributed by atoms with Gasteiger partial charge in [-0.2, -0.15) is 0 Å². The van der Waals surface area contributed by atoms with Gasteiger partial charge in [-0.1, -0.05) is 30.3 Å². The number of aliphatic hydroxyl groups excluding tert-OH is 1. The molecule has 122 valence electrons. The molecule has 24 heavy (non-hydrogen) atoms. The molecule has 0 heterocycles. The van der Waals surface area contributed by atoms with Gasteiger partial charge in [0.15, 0.2) is 5.78 Å². The summed E-state index contributed by atoms with van der Waals surface area (Å²) in [4.78, 5) is 22.4. The van der Waals surface area contributed by atoms with Crippen molar-refractivity contribution in [1.29, 1.82) is 0 Å². The minimum Gasteiger partial charge on any atom is -0.383 e. The predicted molar refractivity (Wildman–Crippen MR) is 90.7 cm³/mol. The van der Waals surface area contributed by atoms with Gasteiger partial charge in [0.2, 0.25) is 0 Å². The smallest absolute Gasteiger partial charge is 0.269 e. The second-order valence-corrected chi connectivity index (χ2v) is 5.38. The maximum absolute atomic E-state index is 12.3. The second-order valence-electron chi connectivity index (χ2n) is 5.38. The highest BCUT2D eigenvalue weighted by molar-refractivity contribution is 6.08. The summed E-state index contributed by atoms with van der Waals surface area (Å²) in [5.74, 6) is -0.161. The van der Waals surface area contributed by atoms with Crippen molar-refractivity contribution in [3.8, 4) is 0 Å². The average Bonchev–Trinajstić information content (AvgIpc) is 2.61. The molecule has 1 N–H and O–H groups in total. The first-order valence-corrected chi connectivity index (χ1v) is 7.36. The lowest BCUT2D eigenvalue weighted by Crippen LogP contribution is -2.02. The number of carbonyl (C=O) groups excluding carboxylic acids is 1. The molecule has 1 atom stereocenters. The molecule has 0 saturated carbocycles. The minimum absolute atomic E-state index is 0.0430. The summed E-state index contributed by atoms with van der Waals surface area (Å²) in [6.07, 6.45) is -0.982. The normalized spacial score (nSPS) is 11.3. The third-order valence-electron chi connectivity index (χ3n) is 3.59. The van der Waals surface area contributed by atoms with Gasteiger partial charge in [-0.15, -0.1) is 5.73 Å². The number of hydrogen-bond acceptors (Lipinski definition) is 4. The first-order chi connectivity index (χ1) is 11.4. The van der Waals surface area contributed by atoms with E-state index >= 15 is 0 Å². The minimum atomic E-state index is -0.982. The Kier molecular flexibility index (Phi) is 5.42. The number of benzene rings is 2. The van der Waals surface area contributed by atoms with Gasteiger partial charge in [-0.25, -0.2) is 0 Å². The molecular formula is C19H17NO4. The van der Waals surface area contributed by atoms with Crippen LogP contribution < -0.4 is 0 Å². The number of Topliss-reactive ketones (excluding diaryl/α,β-unsaturated/α-hetero) is 1. The number of nitrogens with zero attached hydrogens (tertiary/aromatic N) is 1. The summed E-state index contributed by atoms with van der Waals surface area (Å²) in [7, 11) is 0. The van der Waals surface area contributed by atoms with Gasteiger partial charge in [0.25, 0.3) is 5.69 Å². The van der Waals surface area contributed by atoms with E-state index in [9.17, 15) is 20.0 Å². The summed E-state index contributed by atoms with van der Waals surface area (Å²) >= 11 is 0. The molecule has 1 unspecified atom stereocenters. The van der Waals surface area contributed by atoms with E-state index in [0.717, 1.165) is 0 Å². The summed E-state index contributed by atoms with van der Waals surface area (Å²) in [5, 5.41) is 21.0. The van der Waals surface area contributed by atoms with E-state index in [0.29, 0.717) is 22.3 Å². The van der Waals surface area contributed by atoms with E-state index in [2.05, 4.69) is 5.73 Å². The Morgan fingerprint density at radius 2 is 1.67 bits per heavy atom. The van der Waals surface area contributed by atoms with Crippen LogP contribution in [0.1, 0.15) is 35.9 Å². The average molecular weight is 323 g/mol. The highest BCUT2D eigenvalue weighted by Gasteiger charge is 2.13. The van der Waals surface area contributed by atoms with Crippen LogP contribution in [0, 0.1) is 10.1 Å². The molecule has 2 aromatic rings. The number of nitro benzene ring substituents is 1. The number of ketones is 1. The van der Waals surface area contributed by atoms with Gasteiger partial charge >= 0.3 is 0 Å². The van der Waals surface area contributed by atoms with Crippen molar-refractivity contribution in [3.05, 3.63) is 92.7 Å². The van der Waals surface area contributed by atoms with Crippen molar-refractivity contribution >= 4 is 11.5 Å². The Balaban J connectivity index is 2.28. The van der Waals surface area contributed by atoms with Crippen LogP contribution in [0.5, 0.6) is 0 Å². The van der Waals surface area contributed by atoms with Crippen LogP contribution in [0.15, 0.2) is 71.5 Å². The first-order valence-electron chi connectivity index (χ1n) is 7.36. The molecule has 0 aromatic heterocycles. The lowest BCUT2D eigenvalue weighted by Gasteiger charge is -2.10. The van der Waals surface area contributed by atoms with E-state index in [4.69, 9.17) is 0 Å². The zero-order chi connectivity index (χ0) is 17.7. The fourth-order valence-corrected chi connectivity index (χ4v) is 2.26. The molecular weight excluding hydrogens is 306 g/mol. The second kappa shape index (κ2) is 7.51. The highest BCUT2D eigenvalue weighted by atomic mass is 16.6. The van der Waals surface area contributed by atoms with Crippen LogP contribution in [0.25, 0.3) is 0 Å². The standard InChI is InChI=1S/C19H17NO4/c1-13(18(21)15-6-4-3-5-7-15)12-14(2)19(22)16-8-10-17(11-9-16)20(23)24/h3-11,19,22H,1-2H3. The van der Waals surface area contributed by atoms with Crippen LogP contribution in [-0.2, 0) is 0 Å². The molecule has 0 aliphatic rings. The SMILES string of the molecule is CC(=C=C(C)C(O)c1ccc([N+](=O)[O-])cc1)C(=O)c1ccccc1. The van der Waals surface area contributed by atoms with Crippen LogP contribution in [0.2, 0.25) is 0 Å². The Hall–Kier alpha value is -3.01. The highest BCUT2D eigenvalue weighted by Crippen LogP contribution is 2.23. The molecule has 0 bridgehead atoms. The van der Waals surface area contributed by atoms with E-state index in [-0.39, 0.29) is 11.5 Å². The van der Waals surface area contributed by atoms with E-state index in [1.807, 2.05) is 6.07 Å². The maximum Gasteiger partial charge on any atom is 0.269 e. The van der Waals surface area contributed by atoms with Crippen LogP contribution in [0.4, 0.5) is 5.69 Å². The Bertz CT molecular complexity index is 816. The number of hydrogen-bond donors (Lipinski definition) is 1. The number of aliphatic hydroxyl groups is 1. The van der Waals surface area contributed by atoms with Gasteiger partial charge in [-0.05, 0) is 31.5 Å². The van der Waals surface area contributed by atoms with E-state index < -0.39 is 11.0 Å². The molecule has 5 nitrogen and oxygen atoms in total. The van der Waals surface area contributed by atoms with Gasteiger partial charge in [0.05, 0.1) is 4.92 Å². The number of rotatable bonds is 5. The summed E-state index contributed by atoms with van der Waals surface area (Å²) in [6.45, 7) is 3.30.